The number of rotatable bonds is 4. The van der Waals surface area contributed by atoms with E-state index in [1.165, 1.54) is 24.2 Å². The van der Waals surface area contributed by atoms with Gasteiger partial charge in [0.15, 0.2) is 0 Å². The molecule has 0 saturated heterocycles. The molecule has 11 heteroatoms. The van der Waals surface area contributed by atoms with Gasteiger partial charge in [-0.1, -0.05) is 11.6 Å². The van der Waals surface area contributed by atoms with Gasteiger partial charge in [0.05, 0.1) is 22.3 Å². The van der Waals surface area contributed by atoms with Gasteiger partial charge in [-0.3, -0.25) is 14.6 Å². The predicted octanol–water partition coefficient (Wildman–Crippen LogP) is 4.93. The summed E-state index contributed by atoms with van der Waals surface area (Å²) in [6.45, 7) is 1.84. The Morgan fingerprint density at radius 1 is 1.14 bits per heavy atom. The highest BCUT2D eigenvalue weighted by Crippen LogP contribution is 2.33. The molecule has 4 rings (SSSR count). The zero-order valence-electron chi connectivity index (χ0n) is 19.7. The topological polar surface area (TPSA) is 88.1 Å². The van der Waals surface area contributed by atoms with E-state index >= 15 is 0 Å². The first kappa shape index (κ1) is 26.6. The highest BCUT2D eigenvalue weighted by molar-refractivity contribution is 6.39. The van der Waals surface area contributed by atoms with Gasteiger partial charge in [0.2, 0.25) is 0 Å². The van der Waals surface area contributed by atoms with Crippen LogP contribution in [0, 0.1) is 17.5 Å². The van der Waals surface area contributed by atoms with E-state index in [1.54, 1.807) is 6.92 Å². The van der Waals surface area contributed by atoms with Crippen molar-refractivity contribution in [1.82, 2.24) is 4.90 Å². The number of nitrogens with two attached hydrogens (primary N) is 1. The van der Waals surface area contributed by atoms with Crippen molar-refractivity contribution in [3.63, 3.8) is 0 Å². The van der Waals surface area contributed by atoms with Crippen LogP contribution in [0.15, 0.2) is 57.7 Å². The quantitative estimate of drug-likeness (QED) is 0.434. The lowest BCUT2D eigenvalue weighted by atomic mass is 9.91. The first-order valence-corrected chi connectivity index (χ1v) is 12.0. The number of amides is 2. The monoisotopic (exact) mass is 548 g/mol. The maximum atomic E-state index is 14.6. The van der Waals surface area contributed by atoms with E-state index in [1.807, 2.05) is 0 Å². The van der Waals surface area contributed by atoms with Gasteiger partial charge in [-0.25, -0.2) is 18.2 Å². The molecule has 2 aliphatic rings. The van der Waals surface area contributed by atoms with Gasteiger partial charge in [-0.2, -0.15) is 0 Å². The van der Waals surface area contributed by atoms with E-state index in [9.17, 15) is 22.8 Å². The molecule has 0 aromatic heterocycles. The van der Waals surface area contributed by atoms with E-state index in [4.69, 9.17) is 28.9 Å². The number of allylic oxidation sites excluding steroid dienone is 1. The molecular formula is C26H21Cl2F3N4O2. The molecular weight excluding hydrogens is 528 g/mol. The van der Waals surface area contributed by atoms with Crippen LogP contribution in [0.5, 0.6) is 0 Å². The van der Waals surface area contributed by atoms with Crippen LogP contribution < -0.4 is 5.73 Å². The number of nitrogens with zero attached hydrogens (tertiary/aromatic N) is 3. The van der Waals surface area contributed by atoms with Gasteiger partial charge in [-0.15, -0.1) is 11.6 Å². The van der Waals surface area contributed by atoms with Crippen molar-refractivity contribution in [1.29, 1.82) is 0 Å². The zero-order chi connectivity index (χ0) is 27.0. The van der Waals surface area contributed by atoms with Crippen molar-refractivity contribution in [2.75, 3.05) is 13.6 Å². The Kier molecular flexibility index (Phi) is 7.57. The fraction of sp³-hybridized carbons (Fsp3) is 0.231. The SMILES string of the molecule is CN=C(C1=C(N)[C@H](C)N(C(=O)c2cc(F)cc(C3=CC(Cl)C(=O)N=C3)c2Cl)CC1)c1cc(F)cc(F)c1. The second kappa shape index (κ2) is 10.5. The number of carbonyl (C=O) groups is 2. The molecule has 6 nitrogen and oxygen atoms in total. The molecule has 2 atom stereocenters. The summed E-state index contributed by atoms with van der Waals surface area (Å²) in [4.78, 5) is 34.4. The van der Waals surface area contributed by atoms with Crippen LogP contribution in [-0.2, 0) is 4.79 Å². The maximum Gasteiger partial charge on any atom is 0.267 e. The predicted molar refractivity (Wildman–Crippen MR) is 138 cm³/mol. The van der Waals surface area contributed by atoms with E-state index < -0.39 is 40.7 Å². The number of benzene rings is 2. The van der Waals surface area contributed by atoms with Crippen LogP contribution in [0.3, 0.4) is 0 Å². The molecule has 0 saturated carbocycles. The number of aliphatic imine (C=N–C) groups is 2. The van der Waals surface area contributed by atoms with Crippen molar-refractivity contribution in [2.24, 2.45) is 15.7 Å². The molecule has 0 aliphatic carbocycles. The average Bonchev–Trinajstić information content (AvgIpc) is 2.84. The highest BCUT2D eigenvalue weighted by atomic mass is 35.5. The smallest absolute Gasteiger partial charge is 0.267 e. The van der Waals surface area contributed by atoms with Crippen LogP contribution in [0.2, 0.25) is 5.02 Å². The first-order chi connectivity index (χ1) is 17.5. The van der Waals surface area contributed by atoms with Gasteiger partial charge < -0.3 is 10.6 Å². The Bertz CT molecular complexity index is 1410. The number of carbonyl (C=O) groups excluding carboxylic acids is 2. The van der Waals surface area contributed by atoms with Crippen molar-refractivity contribution in [3.05, 3.63) is 86.8 Å². The van der Waals surface area contributed by atoms with E-state index in [0.29, 0.717) is 16.9 Å². The maximum absolute atomic E-state index is 14.6. The summed E-state index contributed by atoms with van der Waals surface area (Å²) in [5.41, 5.74) is 8.13. The molecule has 0 radical (unpaired) electrons. The fourth-order valence-electron chi connectivity index (χ4n) is 4.40. The molecule has 0 fully saturated rings. The van der Waals surface area contributed by atoms with Crippen molar-refractivity contribution < 1.29 is 22.8 Å². The standard InChI is InChI=1S/C26H21Cl2F3N4O2/c1-12-23(32)18(24(33-2)13-5-15(29)8-16(30)6-13)3-4-35(12)26(37)20-10-17(31)9-19(22(20)28)14-7-21(27)25(36)34-11-14/h5-12,21H,3-4,32H2,1-2H3/t12-,21?/m0/s1. The molecule has 0 spiro atoms. The summed E-state index contributed by atoms with van der Waals surface area (Å²) >= 11 is 12.5. The van der Waals surface area contributed by atoms with Gasteiger partial charge in [0.1, 0.15) is 22.8 Å². The number of halogens is 5. The minimum Gasteiger partial charge on any atom is -0.400 e. The molecule has 192 valence electrons. The third-order valence-electron chi connectivity index (χ3n) is 6.25. The minimum absolute atomic E-state index is 0.0334. The summed E-state index contributed by atoms with van der Waals surface area (Å²) in [7, 11) is 1.48. The Labute approximate surface area is 221 Å². The van der Waals surface area contributed by atoms with E-state index in [0.717, 1.165) is 30.3 Å². The Morgan fingerprint density at radius 2 is 1.78 bits per heavy atom. The minimum atomic E-state index is -1.04. The number of hydrogen-bond acceptors (Lipinski definition) is 4. The van der Waals surface area contributed by atoms with Gasteiger partial charge >= 0.3 is 0 Å². The first-order valence-electron chi connectivity index (χ1n) is 11.2. The average molecular weight is 549 g/mol. The third-order valence-corrected chi connectivity index (χ3v) is 6.97. The molecule has 0 bridgehead atoms. The summed E-state index contributed by atoms with van der Waals surface area (Å²) < 4.78 is 42.2. The zero-order valence-corrected chi connectivity index (χ0v) is 21.2. The van der Waals surface area contributed by atoms with Crippen molar-refractivity contribution in [2.45, 2.75) is 24.8 Å². The molecule has 1 unspecified atom stereocenters. The van der Waals surface area contributed by atoms with Crippen LogP contribution in [0.4, 0.5) is 13.2 Å². The van der Waals surface area contributed by atoms with Gasteiger partial charge in [0, 0.05) is 48.3 Å². The second-order valence-corrected chi connectivity index (χ2v) is 9.37. The van der Waals surface area contributed by atoms with Crippen LogP contribution in [0.25, 0.3) is 5.57 Å². The lowest BCUT2D eigenvalue weighted by Crippen LogP contribution is -2.46. The molecule has 2 aromatic carbocycles. The second-order valence-electron chi connectivity index (χ2n) is 8.52. The van der Waals surface area contributed by atoms with Crippen molar-refractivity contribution in [3.8, 4) is 0 Å². The largest absolute Gasteiger partial charge is 0.400 e. The highest BCUT2D eigenvalue weighted by Gasteiger charge is 2.33. The van der Waals surface area contributed by atoms with Crippen LogP contribution >= 0.6 is 23.2 Å². The molecule has 2 aliphatic heterocycles. The normalized spacial score (nSPS) is 20.4. The number of dihydropyridines is 1. The van der Waals surface area contributed by atoms with Crippen LogP contribution in [-0.4, -0.2) is 53.7 Å². The summed E-state index contributed by atoms with van der Waals surface area (Å²) in [6.07, 6.45) is 2.83. The molecule has 2 N–H and O–H groups in total. The van der Waals surface area contributed by atoms with Gasteiger partial charge in [-0.05, 0) is 49.3 Å². The van der Waals surface area contributed by atoms with Crippen molar-refractivity contribution >= 4 is 52.5 Å². The number of hydrogen-bond donors (Lipinski definition) is 1. The fourth-order valence-corrected chi connectivity index (χ4v) is 4.89. The van der Waals surface area contributed by atoms with Crippen LogP contribution in [0.1, 0.15) is 34.8 Å². The molecule has 2 amide bonds. The summed E-state index contributed by atoms with van der Waals surface area (Å²) in [5, 5.41) is -1.07. The molecule has 2 heterocycles. The Hall–Kier alpha value is -3.43. The summed E-state index contributed by atoms with van der Waals surface area (Å²) in [5.74, 6) is -3.36. The lowest BCUT2D eigenvalue weighted by molar-refractivity contribution is -0.116. The Morgan fingerprint density at radius 3 is 2.41 bits per heavy atom. The van der Waals surface area contributed by atoms with Gasteiger partial charge in [0.25, 0.3) is 11.8 Å². The molecule has 37 heavy (non-hydrogen) atoms. The molecule has 2 aromatic rings. The summed E-state index contributed by atoms with van der Waals surface area (Å²) in [6, 6.07) is 4.57. The van der Waals surface area contributed by atoms with E-state index in [-0.39, 0.29) is 40.4 Å². The van der Waals surface area contributed by atoms with E-state index in [2.05, 4.69) is 9.98 Å². The Balaban J connectivity index is 1.68. The lowest BCUT2D eigenvalue weighted by Gasteiger charge is -2.36. The number of alkyl halides is 1. The third kappa shape index (κ3) is 5.19.